The fraction of sp³-hybridized carbons (Fsp3) is 0.750. The second-order valence-electron chi connectivity index (χ2n) is 12.3. The molecule has 0 aliphatic rings. The molecular weight excluding hydrogens is 508 g/mol. The molecule has 0 N–H and O–H groups in total. The maximum Gasteiger partial charge on any atom is 0.346 e. The van der Waals surface area contributed by atoms with Crippen LogP contribution in [0.25, 0.3) is 0 Å². The van der Waals surface area contributed by atoms with Crippen molar-refractivity contribution in [2.75, 3.05) is 6.61 Å². The van der Waals surface area contributed by atoms with Crippen LogP contribution in [-0.4, -0.2) is 35.3 Å². The van der Waals surface area contributed by atoms with E-state index in [1.165, 1.54) is 0 Å². The Kier molecular flexibility index (Phi) is 12.3. The van der Waals surface area contributed by atoms with Crippen LogP contribution in [0.15, 0.2) is 12.1 Å². The van der Waals surface area contributed by atoms with E-state index in [2.05, 4.69) is 47.5 Å². The van der Waals surface area contributed by atoms with Crippen molar-refractivity contribution in [1.82, 2.24) is 4.98 Å². The Bertz CT molecular complexity index is 969. The highest BCUT2D eigenvalue weighted by Crippen LogP contribution is 2.72. The number of pyridine rings is 1. The molecule has 0 aliphatic carbocycles. The zero-order valence-electron chi connectivity index (χ0n) is 25.0. The van der Waals surface area contributed by atoms with Crippen molar-refractivity contribution in [3.05, 3.63) is 29.1 Å². The van der Waals surface area contributed by atoms with Crippen molar-refractivity contribution in [3.63, 3.8) is 0 Å². The van der Waals surface area contributed by atoms with Crippen LogP contribution < -0.4 is 0 Å². The second kappa shape index (κ2) is 13.4. The predicted octanol–water partition coefficient (Wildman–Crippen LogP) is 8.25. The van der Waals surface area contributed by atoms with Crippen LogP contribution in [0.4, 0.5) is 0 Å². The molecule has 0 fully saturated rings. The SMILES string of the molecule is C#CCCOP(=O)(OC(C)C)C(Cc1cc(C(C)(C)C)nc(C(C)(C)C)c1)P(=O)(OC(C)C)OC(C)C. The molecule has 0 radical (unpaired) electrons. The summed E-state index contributed by atoms with van der Waals surface area (Å²) >= 11 is 0. The van der Waals surface area contributed by atoms with Gasteiger partial charge in [-0.15, -0.1) is 12.3 Å². The fourth-order valence-electron chi connectivity index (χ4n) is 3.55. The zero-order valence-corrected chi connectivity index (χ0v) is 26.7. The number of rotatable bonds is 13. The van der Waals surface area contributed by atoms with E-state index >= 15 is 0 Å². The molecule has 1 aromatic heterocycles. The minimum Gasteiger partial charge on any atom is -0.307 e. The Morgan fingerprint density at radius 3 is 1.57 bits per heavy atom. The summed E-state index contributed by atoms with van der Waals surface area (Å²) in [5, 5.41) is -1.20. The van der Waals surface area contributed by atoms with Gasteiger partial charge in [-0.2, -0.15) is 0 Å². The average Bonchev–Trinajstić information content (AvgIpc) is 2.68. The highest BCUT2D eigenvalue weighted by molar-refractivity contribution is 7.72. The lowest BCUT2D eigenvalue weighted by molar-refractivity contribution is 0.131. The molecule has 37 heavy (non-hydrogen) atoms. The van der Waals surface area contributed by atoms with Gasteiger partial charge >= 0.3 is 15.2 Å². The third-order valence-electron chi connectivity index (χ3n) is 5.16. The maximum atomic E-state index is 14.5. The molecule has 1 aromatic rings. The van der Waals surface area contributed by atoms with Crippen molar-refractivity contribution in [2.45, 2.75) is 130 Å². The topological polar surface area (TPSA) is 84.0 Å². The summed E-state index contributed by atoms with van der Waals surface area (Å²) in [5.74, 6) is 2.49. The molecule has 0 spiro atoms. The quantitative estimate of drug-likeness (QED) is 0.137. The molecule has 9 heteroatoms. The second-order valence-corrected chi connectivity index (χ2v) is 17.0. The van der Waals surface area contributed by atoms with E-state index in [-0.39, 0.29) is 30.3 Å². The Balaban J connectivity index is 3.89. The van der Waals surface area contributed by atoms with Gasteiger partial charge in [0.1, 0.15) is 0 Å². The number of terminal acetylenes is 1. The first kappa shape index (κ1) is 34.0. The van der Waals surface area contributed by atoms with Crippen LogP contribution in [0.3, 0.4) is 0 Å². The molecule has 0 bridgehead atoms. The largest absolute Gasteiger partial charge is 0.346 e. The summed E-state index contributed by atoms with van der Waals surface area (Å²) < 4.78 is 52.8. The molecule has 0 saturated carbocycles. The summed E-state index contributed by atoms with van der Waals surface area (Å²) in [6, 6.07) is 3.94. The summed E-state index contributed by atoms with van der Waals surface area (Å²) in [4.78, 5) is 4.93. The van der Waals surface area contributed by atoms with Crippen LogP contribution in [0, 0.1) is 12.3 Å². The molecular formula is C28H49NO6P2. The summed E-state index contributed by atoms with van der Waals surface area (Å²) in [7, 11) is -8.09. The van der Waals surface area contributed by atoms with Crippen LogP contribution in [0.5, 0.6) is 0 Å². The number of hydrogen-bond donors (Lipinski definition) is 0. The Morgan fingerprint density at radius 2 is 1.22 bits per heavy atom. The molecule has 0 aromatic carbocycles. The number of hydrogen-bond acceptors (Lipinski definition) is 7. The number of nitrogens with zero attached hydrogens (tertiary/aromatic N) is 1. The highest BCUT2D eigenvalue weighted by atomic mass is 31.2. The molecule has 1 heterocycles. The smallest absolute Gasteiger partial charge is 0.307 e. The molecule has 7 nitrogen and oxygen atoms in total. The van der Waals surface area contributed by atoms with E-state index in [9.17, 15) is 9.13 Å². The maximum absolute atomic E-state index is 14.5. The predicted molar refractivity (Wildman–Crippen MR) is 152 cm³/mol. The van der Waals surface area contributed by atoms with Gasteiger partial charge in [-0.1, -0.05) is 41.5 Å². The van der Waals surface area contributed by atoms with Gasteiger partial charge < -0.3 is 18.1 Å². The monoisotopic (exact) mass is 557 g/mol. The van der Waals surface area contributed by atoms with Gasteiger partial charge in [0.05, 0.1) is 24.9 Å². The van der Waals surface area contributed by atoms with Crippen molar-refractivity contribution < 1.29 is 27.2 Å². The molecule has 0 aliphatic heterocycles. The van der Waals surface area contributed by atoms with Gasteiger partial charge in [0.25, 0.3) is 0 Å². The highest BCUT2D eigenvalue weighted by Gasteiger charge is 2.52. The van der Waals surface area contributed by atoms with E-state index < -0.39 is 38.9 Å². The summed E-state index contributed by atoms with van der Waals surface area (Å²) in [6.45, 7) is 23.1. The average molecular weight is 558 g/mol. The van der Waals surface area contributed by atoms with E-state index in [1.54, 1.807) is 41.5 Å². The molecule has 0 amide bonds. The van der Waals surface area contributed by atoms with Gasteiger partial charge in [-0.3, -0.25) is 14.1 Å². The lowest BCUT2D eigenvalue weighted by atomic mass is 9.86. The Hall–Kier alpha value is -0.990. The van der Waals surface area contributed by atoms with E-state index in [0.29, 0.717) is 0 Å². The van der Waals surface area contributed by atoms with Gasteiger partial charge in [0.2, 0.25) is 0 Å². The third kappa shape index (κ3) is 10.6. The number of aromatic nitrogens is 1. The molecule has 2 unspecified atom stereocenters. The van der Waals surface area contributed by atoms with Gasteiger partial charge in [-0.05, 0) is 65.7 Å². The first-order chi connectivity index (χ1) is 16.7. The van der Waals surface area contributed by atoms with Crippen LogP contribution in [-0.2, 0) is 44.5 Å². The minimum atomic E-state index is -4.06. The van der Waals surface area contributed by atoms with Crippen molar-refractivity contribution in [2.24, 2.45) is 0 Å². The molecule has 0 saturated heterocycles. The van der Waals surface area contributed by atoms with E-state index in [1.807, 2.05) is 12.1 Å². The van der Waals surface area contributed by atoms with E-state index in [4.69, 9.17) is 29.5 Å². The van der Waals surface area contributed by atoms with Crippen molar-refractivity contribution >= 4 is 15.2 Å². The Labute approximate surface area is 225 Å². The first-order valence-electron chi connectivity index (χ1n) is 13.1. The first-order valence-corrected chi connectivity index (χ1v) is 16.3. The molecule has 2 atom stereocenters. The van der Waals surface area contributed by atoms with Crippen LogP contribution in [0.2, 0.25) is 0 Å². The lowest BCUT2D eigenvalue weighted by Crippen LogP contribution is -2.25. The summed E-state index contributed by atoms with van der Waals surface area (Å²) in [5.41, 5.74) is 2.10. The zero-order chi connectivity index (χ0) is 28.8. The van der Waals surface area contributed by atoms with Crippen LogP contribution >= 0.6 is 15.2 Å². The van der Waals surface area contributed by atoms with Gasteiger partial charge in [0.15, 0.2) is 5.40 Å². The fourth-order valence-corrected chi connectivity index (χ4v) is 9.30. The third-order valence-corrected chi connectivity index (χ3v) is 11.4. The van der Waals surface area contributed by atoms with Crippen LogP contribution in [0.1, 0.15) is 106 Å². The van der Waals surface area contributed by atoms with Gasteiger partial charge in [0, 0.05) is 28.6 Å². The lowest BCUT2D eigenvalue weighted by Gasteiger charge is -2.35. The van der Waals surface area contributed by atoms with Gasteiger partial charge in [-0.25, -0.2) is 0 Å². The van der Waals surface area contributed by atoms with Crippen molar-refractivity contribution in [1.29, 1.82) is 0 Å². The normalized spacial score (nSPS) is 15.7. The Morgan fingerprint density at radius 1 is 0.811 bits per heavy atom. The molecule has 1 rings (SSSR count). The standard InChI is InChI=1S/C28H49NO6P2/c1-14-15-16-32-36(30,33-20(2)3)26(37(31,34-21(4)5)35-22(6)7)19-23-17-24(27(8,9)10)29-25(18-23)28(11,12)13/h1,17-18,20-22,26H,15-16,19H2,2-13H3. The minimum absolute atomic E-state index is 0.00280. The summed E-state index contributed by atoms with van der Waals surface area (Å²) in [6.07, 6.45) is 4.39. The molecule has 212 valence electrons. The van der Waals surface area contributed by atoms with Crippen molar-refractivity contribution in [3.8, 4) is 12.3 Å². The van der Waals surface area contributed by atoms with E-state index in [0.717, 1.165) is 17.0 Å².